The molecule has 1 aromatic carbocycles. The summed E-state index contributed by atoms with van der Waals surface area (Å²) in [6.45, 7) is 8.69. The third-order valence-electron chi connectivity index (χ3n) is 6.56. The van der Waals surface area contributed by atoms with Gasteiger partial charge in [0, 0.05) is 24.5 Å². The lowest BCUT2D eigenvalue weighted by Crippen LogP contribution is -2.59. The zero-order valence-electron chi connectivity index (χ0n) is 18.0. The molecule has 2 fully saturated rings. The van der Waals surface area contributed by atoms with E-state index in [0.717, 1.165) is 12.8 Å². The first kappa shape index (κ1) is 20.7. The topological polar surface area (TPSA) is 58.6 Å². The lowest BCUT2D eigenvalue weighted by atomic mass is 9.68. The summed E-state index contributed by atoms with van der Waals surface area (Å²) in [5, 5.41) is 2.84. The first-order valence-corrected chi connectivity index (χ1v) is 10.3. The van der Waals surface area contributed by atoms with Crippen molar-refractivity contribution in [2.75, 3.05) is 14.2 Å². The van der Waals surface area contributed by atoms with Gasteiger partial charge in [-0.2, -0.15) is 0 Å². The molecule has 1 N–H and O–H groups in total. The summed E-state index contributed by atoms with van der Waals surface area (Å²) in [6.07, 6.45) is 2.98. The Morgan fingerprint density at radius 3 is 2.43 bits per heavy atom. The molecule has 2 saturated carbocycles. The number of carbonyl (C=O) groups excluding carboxylic acids is 2. The molecule has 0 unspecified atom stereocenters. The maximum atomic E-state index is 12.8. The minimum atomic E-state index is -0.430. The Morgan fingerprint density at radius 2 is 1.86 bits per heavy atom. The highest BCUT2D eigenvalue weighted by atomic mass is 16.5. The molecule has 5 nitrogen and oxygen atoms in total. The third kappa shape index (κ3) is 4.18. The van der Waals surface area contributed by atoms with Crippen molar-refractivity contribution >= 4 is 12.0 Å². The van der Waals surface area contributed by atoms with Gasteiger partial charge < -0.3 is 15.0 Å². The number of nitrogens with zero attached hydrogens (tertiary/aromatic N) is 1. The Labute approximate surface area is 168 Å². The molecule has 2 amide bonds. The second-order valence-corrected chi connectivity index (χ2v) is 9.93. The molecule has 0 aliphatic heterocycles. The number of hydrogen-bond donors (Lipinski definition) is 1. The van der Waals surface area contributed by atoms with E-state index in [4.69, 9.17) is 0 Å². The molecule has 0 spiro atoms. The number of rotatable bonds is 4. The van der Waals surface area contributed by atoms with Gasteiger partial charge in [0.15, 0.2) is 0 Å². The SMILES string of the molecule is COC(=O)NC1(C)CC(C(=O)N(C)C2CC(c3cccc(C(C)(C)C)c3)C2)C1. The zero-order valence-corrected chi connectivity index (χ0v) is 18.0. The van der Waals surface area contributed by atoms with Gasteiger partial charge in [0.25, 0.3) is 0 Å². The summed E-state index contributed by atoms with van der Waals surface area (Å²) in [6, 6.07) is 9.22. The number of amides is 2. The molecule has 0 heterocycles. The van der Waals surface area contributed by atoms with Crippen molar-refractivity contribution in [3.8, 4) is 0 Å². The van der Waals surface area contributed by atoms with Crippen molar-refractivity contribution in [1.29, 1.82) is 0 Å². The quantitative estimate of drug-likeness (QED) is 0.843. The maximum absolute atomic E-state index is 12.8. The number of benzene rings is 1. The van der Waals surface area contributed by atoms with Crippen LogP contribution < -0.4 is 5.32 Å². The molecule has 0 atom stereocenters. The smallest absolute Gasteiger partial charge is 0.407 e. The predicted molar refractivity (Wildman–Crippen MR) is 110 cm³/mol. The number of nitrogens with one attached hydrogen (secondary N) is 1. The van der Waals surface area contributed by atoms with Gasteiger partial charge in [0.2, 0.25) is 5.91 Å². The minimum Gasteiger partial charge on any atom is -0.453 e. The molecule has 0 radical (unpaired) electrons. The van der Waals surface area contributed by atoms with Crippen molar-refractivity contribution in [3.05, 3.63) is 35.4 Å². The van der Waals surface area contributed by atoms with Crippen LogP contribution in [0.2, 0.25) is 0 Å². The monoisotopic (exact) mass is 386 g/mol. The number of methoxy groups -OCH3 is 1. The Bertz CT molecular complexity index is 740. The van der Waals surface area contributed by atoms with Crippen molar-refractivity contribution in [1.82, 2.24) is 10.2 Å². The van der Waals surface area contributed by atoms with E-state index < -0.39 is 6.09 Å². The molecule has 1 aromatic rings. The van der Waals surface area contributed by atoms with Crippen molar-refractivity contribution in [2.45, 2.75) is 76.3 Å². The average molecular weight is 387 g/mol. The number of ether oxygens (including phenoxy) is 1. The fourth-order valence-corrected chi connectivity index (χ4v) is 4.51. The van der Waals surface area contributed by atoms with Crippen molar-refractivity contribution in [2.24, 2.45) is 5.92 Å². The first-order valence-electron chi connectivity index (χ1n) is 10.3. The Balaban J connectivity index is 1.51. The highest BCUT2D eigenvalue weighted by molar-refractivity contribution is 5.81. The van der Waals surface area contributed by atoms with Gasteiger partial charge in [-0.25, -0.2) is 4.79 Å². The first-order chi connectivity index (χ1) is 13.0. The summed E-state index contributed by atoms with van der Waals surface area (Å²) in [5.74, 6) is 0.738. The van der Waals surface area contributed by atoms with Gasteiger partial charge in [-0.15, -0.1) is 0 Å². The summed E-state index contributed by atoms with van der Waals surface area (Å²) in [5.41, 5.74) is 2.58. The summed E-state index contributed by atoms with van der Waals surface area (Å²) in [4.78, 5) is 26.2. The van der Waals surface area contributed by atoms with Gasteiger partial charge in [0.1, 0.15) is 0 Å². The van der Waals surface area contributed by atoms with Crippen LogP contribution in [0.4, 0.5) is 4.79 Å². The highest BCUT2D eigenvalue weighted by Gasteiger charge is 2.47. The maximum Gasteiger partial charge on any atom is 0.407 e. The molecule has 2 aliphatic rings. The van der Waals surface area contributed by atoms with Crippen LogP contribution in [0.1, 0.15) is 70.4 Å². The molecule has 0 saturated heterocycles. The molecule has 0 aromatic heterocycles. The van der Waals surface area contributed by atoms with Gasteiger partial charge in [0.05, 0.1) is 7.11 Å². The van der Waals surface area contributed by atoms with E-state index in [-0.39, 0.29) is 22.8 Å². The second-order valence-electron chi connectivity index (χ2n) is 9.93. The molecular formula is C23H34N2O3. The summed E-state index contributed by atoms with van der Waals surface area (Å²) >= 11 is 0. The largest absolute Gasteiger partial charge is 0.453 e. The molecule has 28 heavy (non-hydrogen) atoms. The van der Waals surface area contributed by atoms with Crippen LogP contribution in [0.3, 0.4) is 0 Å². The van der Waals surface area contributed by atoms with Crippen molar-refractivity contribution < 1.29 is 14.3 Å². The molecular weight excluding hydrogens is 352 g/mol. The predicted octanol–water partition coefficient (Wildman–Crippen LogP) is 4.21. The molecule has 5 heteroatoms. The average Bonchev–Trinajstić information content (AvgIpc) is 2.56. The van der Waals surface area contributed by atoms with Gasteiger partial charge in [-0.3, -0.25) is 4.79 Å². The lowest BCUT2D eigenvalue weighted by molar-refractivity contribution is -0.143. The van der Waals surface area contributed by atoms with Crippen LogP contribution in [0.5, 0.6) is 0 Å². The standard InChI is InChI=1S/C23H34N2O3/c1-22(2,3)18-9-7-8-15(10-18)16-11-19(12-16)25(5)20(26)17-13-23(4,14-17)24-21(27)28-6/h7-10,16-17,19H,11-14H2,1-6H3,(H,24,27). The highest BCUT2D eigenvalue weighted by Crippen LogP contribution is 2.43. The van der Waals surface area contributed by atoms with E-state index in [1.165, 1.54) is 18.2 Å². The van der Waals surface area contributed by atoms with Crippen LogP contribution in [0.15, 0.2) is 24.3 Å². The number of carbonyl (C=O) groups is 2. The Kier molecular flexibility index (Phi) is 5.48. The van der Waals surface area contributed by atoms with E-state index in [1.54, 1.807) is 0 Å². The minimum absolute atomic E-state index is 0.00424. The molecule has 154 valence electrons. The fraction of sp³-hybridized carbons (Fsp3) is 0.652. The molecule has 0 bridgehead atoms. The Hall–Kier alpha value is -2.04. The van der Waals surface area contributed by atoms with Crippen LogP contribution in [0.25, 0.3) is 0 Å². The summed E-state index contributed by atoms with van der Waals surface area (Å²) < 4.78 is 4.67. The van der Waals surface area contributed by atoms with E-state index >= 15 is 0 Å². The summed E-state index contributed by atoms with van der Waals surface area (Å²) in [7, 11) is 3.29. The normalized spacial score (nSPS) is 29.3. The zero-order chi connectivity index (χ0) is 20.7. The number of hydrogen-bond acceptors (Lipinski definition) is 3. The molecule has 3 rings (SSSR count). The van der Waals surface area contributed by atoms with Crippen LogP contribution in [0, 0.1) is 5.92 Å². The van der Waals surface area contributed by atoms with Crippen LogP contribution in [-0.2, 0) is 14.9 Å². The van der Waals surface area contributed by atoms with Crippen LogP contribution >= 0.6 is 0 Å². The van der Waals surface area contributed by atoms with E-state index in [9.17, 15) is 9.59 Å². The van der Waals surface area contributed by atoms with E-state index in [2.05, 4.69) is 55.1 Å². The fourth-order valence-electron chi connectivity index (χ4n) is 4.51. The van der Waals surface area contributed by atoms with Crippen LogP contribution in [-0.4, -0.2) is 42.6 Å². The van der Waals surface area contributed by atoms with Gasteiger partial charge in [-0.05, 0) is 55.1 Å². The third-order valence-corrected chi connectivity index (χ3v) is 6.56. The Morgan fingerprint density at radius 1 is 1.21 bits per heavy atom. The van der Waals surface area contributed by atoms with Gasteiger partial charge >= 0.3 is 6.09 Å². The molecule has 2 aliphatic carbocycles. The van der Waals surface area contributed by atoms with Gasteiger partial charge in [-0.1, -0.05) is 45.0 Å². The lowest BCUT2D eigenvalue weighted by Gasteiger charge is -2.48. The second kappa shape index (κ2) is 7.41. The van der Waals surface area contributed by atoms with E-state index in [0.29, 0.717) is 24.8 Å². The number of alkyl carbamates (subject to hydrolysis) is 1. The van der Waals surface area contributed by atoms with Crippen molar-refractivity contribution in [3.63, 3.8) is 0 Å². The van der Waals surface area contributed by atoms with E-state index in [1.807, 2.05) is 18.9 Å².